The number of fused-ring (bicyclic) bond motifs is 1. The van der Waals surface area contributed by atoms with Crippen LogP contribution in [0.5, 0.6) is 0 Å². The molecule has 1 aliphatic heterocycles. The molecule has 1 fully saturated rings. The van der Waals surface area contributed by atoms with Crippen molar-refractivity contribution in [3.05, 3.63) is 29.8 Å². The number of carbonyl (C=O) groups is 1. The molecule has 0 radical (unpaired) electrons. The molecule has 0 saturated carbocycles. The SMILES string of the molecule is CCC(=O)N1CCN(c2nn3c(NC(C)(C)C)c(-c4ccc(CC)cc4)nc3s2)CC1. The number of aryl methyl sites for hydroxylation is 1. The average Bonchev–Trinajstić information content (AvgIpc) is 3.32. The molecule has 0 bridgehead atoms. The smallest absolute Gasteiger partial charge is 0.222 e. The van der Waals surface area contributed by atoms with Crippen LogP contribution in [0.1, 0.15) is 46.6 Å². The summed E-state index contributed by atoms with van der Waals surface area (Å²) in [5.41, 5.74) is 3.22. The normalized spacial score (nSPS) is 15.0. The van der Waals surface area contributed by atoms with Crippen molar-refractivity contribution in [3.63, 3.8) is 0 Å². The van der Waals surface area contributed by atoms with Crippen molar-refractivity contribution in [2.24, 2.45) is 0 Å². The van der Waals surface area contributed by atoms with Crippen LogP contribution in [0.15, 0.2) is 24.3 Å². The summed E-state index contributed by atoms with van der Waals surface area (Å²) in [4.78, 5) is 22.0. The van der Waals surface area contributed by atoms with E-state index in [1.807, 2.05) is 16.3 Å². The molecule has 0 atom stereocenters. The summed E-state index contributed by atoms with van der Waals surface area (Å²) in [5.74, 6) is 1.15. The van der Waals surface area contributed by atoms with Gasteiger partial charge >= 0.3 is 0 Å². The Labute approximate surface area is 188 Å². The lowest BCUT2D eigenvalue weighted by Gasteiger charge is -2.34. The van der Waals surface area contributed by atoms with Crippen molar-refractivity contribution in [1.29, 1.82) is 0 Å². The van der Waals surface area contributed by atoms with Crippen molar-refractivity contribution in [1.82, 2.24) is 19.5 Å². The molecule has 3 heterocycles. The van der Waals surface area contributed by atoms with E-state index in [0.717, 1.165) is 59.8 Å². The minimum Gasteiger partial charge on any atom is -0.364 e. The topological polar surface area (TPSA) is 65.8 Å². The molecule has 1 N–H and O–H groups in total. The highest BCUT2D eigenvalue weighted by atomic mass is 32.1. The van der Waals surface area contributed by atoms with Crippen LogP contribution in [0.25, 0.3) is 16.2 Å². The first-order valence-electron chi connectivity index (χ1n) is 11.1. The van der Waals surface area contributed by atoms with E-state index in [9.17, 15) is 4.79 Å². The maximum atomic E-state index is 12.0. The molecule has 0 unspecified atom stereocenters. The Morgan fingerprint density at radius 1 is 1.10 bits per heavy atom. The van der Waals surface area contributed by atoms with Crippen LogP contribution in [0.2, 0.25) is 0 Å². The highest BCUT2D eigenvalue weighted by Gasteiger charge is 2.26. The molecule has 2 aromatic heterocycles. The Hall–Kier alpha value is -2.61. The zero-order chi connectivity index (χ0) is 22.2. The third kappa shape index (κ3) is 4.54. The summed E-state index contributed by atoms with van der Waals surface area (Å²) in [5, 5.41) is 9.50. The maximum absolute atomic E-state index is 12.0. The van der Waals surface area contributed by atoms with Gasteiger partial charge in [-0.05, 0) is 32.8 Å². The zero-order valence-corrected chi connectivity index (χ0v) is 19.9. The summed E-state index contributed by atoms with van der Waals surface area (Å²) in [6.45, 7) is 13.6. The standard InChI is InChI=1S/C23H32N6OS/c1-6-16-8-10-17(11-9-16)19-20(25-23(3,4)5)29-21(24-19)31-22(26-29)28-14-12-27(13-15-28)18(30)7-2/h8-11,25H,6-7,12-15H2,1-5H3. The number of imidazole rings is 1. The second-order valence-corrected chi connectivity index (χ2v) is 9.97. The molecule has 8 heteroatoms. The van der Waals surface area contributed by atoms with Crippen molar-refractivity contribution in [3.8, 4) is 11.3 Å². The fourth-order valence-electron chi connectivity index (χ4n) is 3.80. The number of piperazine rings is 1. The zero-order valence-electron chi connectivity index (χ0n) is 19.1. The van der Waals surface area contributed by atoms with Crippen molar-refractivity contribution in [2.75, 3.05) is 36.4 Å². The van der Waals surface area contributed by atoms with Gasteiger partial charge in [-0.2, -0.15) is 4.52 Å². The third-order valence-corrected chi connectivity index (χ3v) is 6.50. The Morgan fingerprint density at radius 2 is 1.77 bits per heavy atom. The number of carbonyl (C=O) groups excluding carboxylic acids is 1. The van der Waals surface area contributed by atoms with Gasteiger partial charge in [0.25, 0.3) is 0 Å². The van der Waals surface area contributed by atoms with Crippen molar-refractivity contribution in [2.45, 2.75) is 53.0 Å². The number of hydrogen-bond donors (Lipinski definition) is 1. The highest BCUT2D eigenvalue weighted by Crippen LogP contribution is 2.35. The van der Waals surface area contributed by atoms with Gasteiger partial charge in [-0.15, -0.1) is 5.10 Å². The molecule has 0 spiro atoms. The maximum Gasteiger partial charge on any atom is 0.222 e. The van der Waals surface area contributed by atoms with E-state index >= 15 is 0 Å². The number of aromatic nitrogens is 3. The van der Waals surface area contributed by atoms with Crippen LogP contribution in [-0.4, -0.2) is 57.1 Å². The van der Waals surface area contributed by atoms with Gasteiger partial charge in [-0.3, -0.25) is 4.79 Å². The first kappa shape index (κ1) is 21.6. The predicted octanol–water partition coefficient (Wildman–Crippen LogP) is 4.29. The molecule has 1 amide bonds. The Morgan fingerprint density at radius 3 is 2.35 bits per heavy atom. The largest absolute Gasteiger partial charge is 0.364 e. The van der Waals surface area contributed by atoms with E-state index in [-0.39, 0.29) is 11.4 Å². The van der Waals surface area contributed by atoms with Gasteiger partial charge in [0.15, 0.2) is 5.82 Å². The summed E-state index contributed by atoms with van der Waals surface area (Å²) in [6, 6.07) is 8.62. The first-order valence-corrected chi connectivity index (χ1v) is 11.9. The summed E-state index contributed by atoms with van der Waals surface area (Å²) in [7, 11) is 0. The number of amides is 1. The molecule has 166 valence electrons. The van der Waals surface area contributed by atoms with Crippen LogP contribution < -0.4 is 10.2 Å². The third-order valence-electron chi connectivity index (χ3n) is 5.53. The lowest BCUT2D eigenvalue weighted by atomic mass is 10.1. The van der Waals surface area contributed by atoms with Gasteiger partial charge in [0, 0.05) is 43.7 Å². The van der Waals surface area contributed by atoms with Crippen molar-refractivity contribution < 1.29 is 4.79 Å². The average molecular weight is 441 g/mol. The molecule has 4 rings (SSSR count). The van der Waals surface area contributed by atoms with Gasteiger partial charge in [0.1, 0.15) is 5.69 Å². The molecule has 1 saturated heterocycles. The van der Waals surface area contributed by atoms with Crippen LogP contribution in [0.3, 0.4) is 0 Å². The quantitative estimate of drug-likeness (QED) is 0.641. The second-order valence-electron chi connectivity index (χ2n) is 9.03. The van der Waals surface area contributed by atoms with Crippen LogP contribution >= 0.6 is 11.3 Å². The number of rotatable bonds is 5. The van der Waals surface area contributed by atoms with E-state index in [0.29, 0.717) is 6.42 Å². The fourth-order valence-corrected chi connectivity index (χ4v) is 4.76. The number of nitrogens with one attached hydrogen (secondary N) is 1. The lowest BCUT2D eigenvalue weighted by Crippen LogP contribution is -2.48. The fraction of sp³-hybridized carbons (Fsp3) is 0.522. The molecular weight excluding hydrogens is 408 g/mol. The molecule has 1 aliphatic rings. The van der Waals surface area contributed by atoms with Gasteiger partial charge in [0.05, 0.1) is 0 Å². The minimum atomic E-state index is -0.121. The van der Waals surface area contributed by atoms with Crippen molar-refractivity contribution >= 4 is 33.2 Å². The van der Waals surface area contributed by atoms with Crippen LogP contribution in [-0.2, 0) is 11.2 Å². The van der Waals surface area contributed by atoms with E-state index in [1.165, 1.54) is 5.56 Å². The van der Waals surface area contributed by atoms with Crippen LogP contribution in [0.4, 0.5) is 10.9 Å². The molecule has 7 nitrogen and oxygen atoms in total. The summed E-state index contributed by atoms with van der Waals surface area (Å²) in [6.07, 6.45) is 1.59. The first-order chi connectivity index (χ1) is 14.8. The Kier molecular flexibility index (Phi) is 5.92. The molecule has 1 aromatic carbocycles. The number of nitrogens with zero attached hydrogens (tertiary/aromatic N) is 5. The number of benzene rings is 1. The highest BCUT2D eigenvalue weighted by molar-refractivity contribution is 7.20. The van der Waals surface area contributed by atoms with Gasteiger partial charge < -0.3 is 15.1 Å². The molecule has 0 aliphatic carbocycles. The van der Waals surface area contributed by atoms with Crippen LogP contribution in [0, 0.1) is 0 Å². The predicted molar refractivity (Wildman–Crippen MR) is 128 cm³/mol. The van der Waals surface area contributed by atoms with E-state index in [1.54, 1.807) is 11.3 Å². The molecule has 3 aromatic rings. The van der Waals surface area contributed by atoms with Gasteiger partial charge in [-0.25, -0.2) is 4.98 Å². The molecular formula is C23H32N6OS. The van der Waals surface area contributed by atoms with Gasteiger partial charge in [-0.1, -0.05) is 49.4 Å². The summed E-state index contributed by atoms with van der Waals surface area (Å²) >= 11 is 1.61. The second kappa shape index (κ2) is 8.49. The minimum absolute atomic E-state index is 0.121. The lowest BCUT2D eigenvalue weighted by molar-refractivity contribution is -0.131. The number of anilines is 2. The van der Waals surface area contributed by atoms with E-state index < -0.39 is 0 Å². The molecule has 31 heavy (non-hydrogen) atoms. The monoisotopic (exact) mass is 440 g/mol. The van der Waals surface area contributed by atoms with Gasteiger partial charge in [0.2, 0.25) is 16.0 Å². The van der Waals surface area contributed by atoms with E-state index in [2.05, 4.69) is 62.2 Å². The van der Waals surface area contributed by atoms with E-state index in [4.69, 9.17) is 10.1 Å². The number of hydrogen-bond acceptors (Lipinski definition) is 6. The Balaban J connectivity index is 1.65. The Bertz CT molecular complexity index is 1050. The summed E-state index contributed by atoms with van der Waals surface area (Å²) < 4.78 is 1.94.